The standard InChI is InChI=1S/C15H22O4S/c1-11-5-7-15(8-6-11)20(17,18)19-10-13(3)12(2)9-14(4)16/h5-8,12-13H,9-10H2,1-4H3/t12-,13?/m1/s1. The van der Waals surface area contributed by atoms with Crippen LogP contribution in [0, 0.1) is 18.8 Å². The van der Waals surface area contributed by atoms with Crippen molar-refractivity contribution in [3.05, 3.63) is 29.8 Å². The first-order valence-corrected chi connectivity index (χ1v) is 8.08. The molecule has 0 aromatic heterocycles. The third-order valence-electron chi connectivity index (χ3n) is 3.38. The smallest absolute Gasteiger partial charge is 0.296 e. The van der Waals surface area contributed by atoms with E-state index in [9.17, 15) is 13.2 Å². The first kappa shape index (κ1) is 16.9. The van der Waals surface area contributed by atoms with Crippen LogP contribution in [-0.2, 0) is 19.1 Å². The van der Waals surface area contributed by atoms with Crippen molar-refractivity contribution in [2.45, 2.75) is 39.0 Å². The van der Waals surface area contributed by atoms with E-state index in [4.69, 9.17) is 4.18 Å². The van der Waals surface area contributed by atoms with Crippen molar-refractivity contribution in [1.29, 1.82) is 0 Å². The highest BCUT2D eigenvalue weighted by molar-refractivity contribution is 7.86. The van der Waals surface area contributed by atoms with Crippen LogP contribution in [0.5, 0.6) is 0 Å². The number of carbonyl (C=O) groups is 1. The van der Waals surface area contributed by atoms with Crippen molar-refractivity contribution in [2.75, 3.05) is 6.61 Å². The van der Waals surface area contributed by atoms with Crippen LogP contribution in [0.15, 0.2) is 29.2 Å². The maximum absolute atomic E-state index is 12.0. The Morgan fingerprint density at radius 1 is 1.15 bits per heavy atom. The molecule has 1 aromatic rings. The Balaban J connectivity index is 2.64. The maximum Gasteiger partial charge on any atom is 0.296 e. The average Bonchev–Trinajstić information content (AvgIpc) is 2.35. The number of aryl methyl sites for hydroxylation is 1. The normalized spacial score (nSPS) is 14.8. The van der Waals surface area contributed by atoms with Crippen LogP contribution in [0.4, 0.5) is 0 Å². The molecule has 1 rings (SSSR count). The number of carbonyl (C=O) groups excluding carboxylic acids is 1. The van der Waals surface area contributed by atoms with E-state index in [0.717, 1.165) is 5.56 Å². The van der Waals surface area contributed by atoms with Crippen molar-refractivity contribution >= 4 is 15.9 Å². The molecule has 4 nitrogen and oxygen atoms in total. The van der Waals surface area contributed by atoms with Crippen LogP contribution >= 0.6 is 0 Å². The van der Waals surface area contributed by atoms with Gasteiger partial charge in [-0.3, -0.25) is 4.18 Å². The fraction of sp³-hybridized carbons (Fsp3) is 0.533. The van der Waals surface area contributed by atoms with Gasteiger partial charge in [0.1, 0.15) is 5.78 Å². The molecule has 0 aliphatic carbocycles. The van der Waals surface area contributed by atoms with Gasteiger partial charge >= 0.3 is 0 Å². The lowest BCUT2D eigenvalue weighted by atomic mass is 9.92. The molecule has 112 valence electrons. The van der Waals surface area contributed by atoms with Crippen molar-refractivity contribution in [1.82, 2.24) is 0 Å². The summed E-state index contributed by atoms with van der Waals surface area (Å²) in [5.74, 6) is 0.200. The lowest BCUT2D eigenvalue weighted by Crippen LogP contribution is -2.19. The number of benzene rings is 1. The summed E-state index contributed by atoms with van der Waals surface area (Å²) >= 11 is 0. The second kappa shape index (κ2) is 6.99. The van der Waals surface area contributed by atoms with Crippen molar-refractivity contribution in [2.24, 2.45) is 11.8 Å². The molecule has 0 radical (unpaired) electrons. The highest BCUT2D eigenvalue weighted by Gasteiger charge is 2.20. The van der Waals surface area contributed by atoms with E-state index in [1.54, 1.807) is 12.1 Å². The summed E-state index contributed by atoms with van der Waals surface area (Å²) in [6.45, 7) is 7.33. The SMILES string of the molecule is CC(=O)C[C@@H](C)C(C)COS(=O)(=O)c1ccc(C)cc1. The van der Waals surface area contributed by atoms with E-state index < -0.39 is 10.1 Å². The zero-order chi connectivity index (χ0) is 15.3. The van der Waals surface area contributed by atoms with Gasteiger partial charge in [0.25, 0.3) is 10.1 Å². The number of Topliss-reactive ketones (excluding diaryl/α,β-unsaturated/α-hetero) is 1. The van der Waals surface area contributed by atoms with Gasteiger partial charge in [0.2, 0.25) is 0 Å². The van der Waals surface area contributed by atoms with Crippen molar-refractivity contribution in [3.8, 4) is 0 Å². The van der Waals surface area contributed by atoms with Crippen LogP contribution < -0.4 is 0 Å². The lowest BCUT2D eigenvalue weighted by Gasteiger charge is -2.18. The monoisotopic (exact) mass is 298 g/mol. The molecule has 5 heteroatoms. The predicted molar refractivity (Wildman–Crippen MR) is 77.9 cm³/mol. The van der Waals surface area contributed by atoms with E-state index in [-0.39, 0.29) is 29.1 Å². The third kappa shape index (κ3) is 5.06. The third-order valence-corrected chi connectivity index (χ3v) is 4.67. The number of hydrogen-bond donors (Lipinski definition) is 0. The first-order valence-electron chi connectivity index (χ1n) is 6.68. The molecule has 0 heterocycles. The largest absolute Gasteiger partial charge is 0.300 e. The van der Waals surface area contributed by atoms with Gasteiger partial charge in [0.15, 0.2) is 0 Å². The summed E-state index contributed by atoms with van der Waals surface area (Å²) < 4.78 is 29.1. The Morgan fingerprint density at radius 2 is 1.70 bits per heavy atom. The fourth-order valence-corrected chi connectivity index (χ4v) is 2.79. The summed E-state index contributed by atoms with van der Waals surface area (Å²) in [6.07, 6.45) is 0.440. The molecule has 0 fully saturated rings. The molecule has 0 saturated carbocycles. The minimum Gasteiger partial charge on any atom is -0.300 e. The Bertz CT molecular complexity index is 546. The van der Waals surface area contributed by atoms with Crippen LogP contribution in [0.2, 0.25) is 0 Å². The van der Waals surface area contributed by atoms with E-state index in [2.05, 4.69) is 0 Å². The van der Waals surface area contributed by atoms with E-state index in [1.165, 1.54) is 19.1 Å². The zero-order valence-electron chi connectivity index (χ0n) is 12.4. The number of hydrogen-bond acceptors (Lipinski definition) is 4. The molecule has 20 heavy (non-hydrogen) atoms. The Kier molecular flexibility index (Phi) is 5.89. The van der Waals surface area contributed by atoms with Gasteiger partial charge in [-0.15, -0.1) is 0 Å². The molecule has 1 aromatic carbocycles. The molecule has 1 unspecified atom stereocenters. The fourth-order valence-electron chi connectivity index (χ4n) is 1.79. The minimum atomic E-state index is -3.72. The van der Waals surface area contributed by atoms with Gasteiger partial charge < -0.3 is 4.79 Å². The zero-order valence-corrected chi connectivity index (χ0v) is 13.2. The molecular weight excluding hydrogens is 276 g/mol. The van der Waals surface area contributed by atoms with Crippen LogP contribution in [0.25, 0.3) is 0 Å². The van der Waals surface area contributed by atoms with Gasteiger partial charge in [-0.2, -0.15) is 8.42 Å². The highest BCUT2D eigenvalue weighted by Crippen LogP contribution is 2.19. The topological polar surface area (TPSA) is 60.4 Å². The van der Waals surface area contributed by atoms with E-state index >= 15 is 0 Å². The molecule has 0 saturated heterocycles. The van der Waals surface area contributed by atoms with E-state index in [1.807, 2.05) is 20.8 Å². The quantitative estimate of drug-likeness (QED) is 0.726. The Hall–Kier alpha value is -1.20. The molecular formula is C15H22O4S. The summed E-state index contributed by atoms with van der Waals surface area (Å²) in [5.41, 5.74) is 0.993. The van der Waals surface area contributed by atoms with Gasteiger partial charge in [0.05, 0.1) is 11.5 Å². The van der Waals surface area contributed by atoms with Gasteiger partial charge in [-0.1, -0.05) is 31.5 Å². The summed E-state index contributed by atoms with van der Waals surface area (Å²) in [4.78, 5) is 11.2. The van der Waals surface area contributed by atoms with Gasteiger partial charge in [-0.05, 0) is 37.8 Å². The maximum atomic E-state index is 12.0. The van der Waals surface area contributed by atoms with Crippen molar-refractivity contribution < 1.29 is 17.4 Å². The summed E-state index contributed by atoms with van der Waals surface area (Å²) in [6, 6.07) is 6.54. The van der Waals surface area contributed by atoms with Crippen LogP contribution in [0.1, 0.15) is 32.8 Å². The minimum absolute atomic E-state index is 0.000812. The number of ketones is 1. The second-order valence-electron chi connectivity index (χ2n) is 5.41. The summed E-state index contributed by atoms with van der Waals surface area (Å²) in [7, 11) is -3.72. The first-order chi connectivity index (χ1) is 9.22. The van der Waals surface area contributed by atoms with E-state index in [0.29, 0.717) is 6.42 Å². The highest BCUT2D eigenvalue weighted by atomic mass is 32.2. The molecule has 2 atom stereocenters. The molecule has 0 N–H and O–H groups in total. The van der Waals surface area contributed by atoms with Gasteiger partial charge in [-0.25, -0.2) is 0 Å². The summed E-state index contributed by atoms with van der Waals surface area (Å²) in [5, 5.41) is 0. The molecule has 0 amide bonds. The molecule has 0 aliphatic heterocycles. The Labute approximate surface area is 121 Å². The number of rotatable bonds is 7. The second-order valence-corrected chi connectivity index (χ2v) is 7.03. The lowest BCUT2D eigenvalue weighted by molar-refractivity contribution is -0.118. The van der Waals surface area contributed by atoms with Crippen LogP contribution in [0.3, 0.4) is 0 Å². The molecule has 0 spiro atoms. The molecule has 0 aliphatic rings. The average molecular weight is 298 g/mol. The van der Waals surface area contributed by atoms with Gasteiger partial charge in [0, 0.05) is 6.42 Å². The Morgan fingerprint density at radius 3 is 2.20 bits per heavy atom. The predicted octanol–water partition coefficient (Wildman–Crippen LogP) is 2.95. The van der Waals surface area contributed by atoms with Crippen molar-refractivity contribution in [3.63, 3.8) is 0 Å². The molecule has 0 bridgehead atoms. The van der Waals surface area contributed by atoms with Crippen LogP contribution in [-0.4, -0.2) is 20.8 Å².